The van der Waals surface area contributed by atoms with Gasteiger partial charge in [0.05, 0.1) is 25.0 Å². The van der Waals surface area contributed by atoms with Gasteiger partial charge in [-0.1, -0.05) is 49.4 Å². The first kappa shape index (κ1) is 25.9. The summed E-state index contributed by atoms with van der Waals surface area (Å²) in [5, 5.41) is 9.38. The number of esters is 1. The fraction of sp³-hybridized carbons (Fsp3) is 0.667. The Bertz CT molecular complexity index is 909. The van der Waals surface area contributed by atoms with Gasteiger partial charge in [0.25, 0.3) is 5.09 Å². The maximum atomic E-state index is 13.4. The van der Waals surface area contributed by atoms with E-state index < -0.39 is 29.5 Å². The van der Waals surface area contributed by atoms with Gasteiger partial charge in [-0.3, -0.25) is 14.5 Å². The van der Waals surface area contributed by atoms with Crippen LogP contribution < -0.4 is 0 Å². The first-order valence-electron chi connectivity index (χ1n) is 12.2. The minimum absolute atomic E-state index is 0.0458. The topological polar surface area (TPSA) is 117 Å². The van der Waals surface area contributed by atoms with E-state index in [1.54, 1.807) is 12.1 Å². The van der Waals surface area contributed by atoms with Crippen LogP contribution in [0.2, 0.25) is 0 Å². The summed E-state index contributed by atoms with van der Waals surface area (Å²) in [5.41, 5.74) is 1.19. The number of likely N-dealkylation sites (tertiary alicyclic amines) is 1. The highest BCUT2D eigenvalue weighted by Crippen LogP contribution is 2.38. The zero-order valence-corrected chi connectivity index (χ0v) is 20.7. The molecule has 4 rings (SSSR count). The van der Waals surface area contributed by atoms with E-state index in [9.17, 15) is 19.7 Å². The first-order valence-corrected chi connectivity index (χ1v) is 13.1. The summed E-state index contributed by atoms with van der Waals surface area (Å²) in [5.74, 6) is -0.272. The molecule has 3 aliphatic heterocycles. The Morgan fingerprint density at radius 1 is 1.20 bits per heavy atom. The molecule has 3 saturated heterocycles. The Morgan fingerprint density at radius 3 is 2.69 bits per heavy atom. The van der Waals surface area contributed by atoms with Gasteiger partial charge in [0, 0.05) is 11.1 Å². The van der Waals surface area contributed by atoms with Crippen molar-refractivity contribution in [3.05, 3.63) is 45.5 Å². The zero-order chi connectivity index (χ0) is 24.8. The molecule has 3 aliphatic rings. The lowest BCUT2D eigenvalue weighted by Gasteiger charge is -2.23. The molecule has 1 aromatic rings. The van der Waals surface area contributed by atoms with E-state index in [-0.39, 0.29) is 36.1 Å². The summed E-state index contributed by atoms with van der Waals surface area (Å²) in [4.78, 5) is 43.5. The predicted octanol–water partition coefficient (Wildman–Crippen LogP) is 3.17. The Morgan fingerprint density at radius 2 is 1.94 bits per heavy atom. The predicted molar refractivity (Wildman–Crippen MR) is 128 cm³/mol. The van der Waals surface area contributed by atoms with Crippen LogP contribution in [-0.4, -0.2) is 77.5 Å². The number of rotatable bonds is 11. The van der Waals surface area contributed by atoms with Gasteiger partial charge < -0.3 is 19.0 Å². The van der Waals surface area contributed by atoms with Gasteiger partial charge in [-0.25, -0.2) is 0 Å². The summed E-state index contributed by atoms with van der Waals surface area (Å²) in [6.45, 7) is 4.42. The van der Waals surface area contributed by atoms with E-state index in [2.05, 4.69) is 16.7 Å². The monoisotopic (exact) mass is 508 g/mol. The Balaban J connectivity index is 1.43. The number of benzene rings is 1. The maximum Gasteiger partial charge on any atom is 0.320 e. The fourth-order valence-corrected chi connectivity index (χ4v) is 5.98. The molecular formula is C24H32N2O8S. The Labute approximate surface area is 208 Å². The van der Waals surface area contributed by atoms with Crippen LogP contribution in [0.3, 0.4) is 0 Å². The van der Waals surface area contributed by atoms with Crippen molar-refractivity contribution < 1.29 is 33.7 Å². The van der Waals surface area contributed by atoms with Crippen LogP contribution in [0.1, 0.15) is 61.1 Å². The van der Waals surface area contributed by atoms with Crippen molar-refractivity contribution in [2.24, 2.45) is 0 Å². The van der Waals surface area contributed by atoms with Crippen LogP contribution in [0.5, 0.6) is 0 Å². The molecule has 3 fully saturated rings. The molecule has 5 atom stereocenters. The SMILES string of the molecule is CCCCC(OC(=O)CN1CCCC1)c1ccccc1C(=O)SC1CO[C@H]2[C@@H]1OC[C@H]2O[N+](=O)[O-]. The molecule has 0 radical (unpaired) electrons. The summed E-state index contributed by atoms with van der Waals surface area (Å²) < 4.78 is 17.3. The average molecular weight is 509 g/mol. The van der Waals surface area contributed by atoms with Crippen LogP contribution >= 0.6 is 11.8 Å². The highest BCUT2D eigenvalue weighted by molar-refractivity contribution is 8.14. The van der Waals surface area contributed by atoms with Crippen molar-refractivity contribution >= 4 is 22.8 Å². The molecule has 0 amide bonds. The smallest absolute Gasteiger partial charge is 0.320 e. The minimum Gasteiger partial charge on any atom is -0.457 e. The lowest BCUT2D eigenvalue weighted by Crippen LogP contribution is -2.33. The summed E-state index contributed by atoms with van der Waals surface area (Å²) in [7, 11) is 0. The molecule has 0 aromatic heterocycles. The fourth-order valence-electron chi connectivity index (χ4n) is 4.88. The van der Waals surface area contributed by atoms with E-state index in [0.717, 1.165) is 50.5 Å². The number of carbonyl (C=O) groups is 2. The highest BCUT2D eigenvalue weighted by atomic mass is 32.2. The normalized spacial score (nSPS) is 26.9. The number of nitrogens with zero attached hydrogens (tertiary/aromatic N) is 2. The van der Waals surface area contributed by atoms with Crippen LogP contribution in [0, 0.1) is 10.1 Å². The zero-order valence-electron chi connectivity index (χ0n) is 19.8. The van der Waals surface area contributed by atoms with Gasteiger partial charge in [0.15, 0.2) is 6.10 Å². The van der Waals surface area contributed by atoms with Crippen molar-refractivity contribution in [3.63, 3.8) is 0 Å². The van der Waals surface area contributed by atoms with E-state index in [4.69, 9.17) is 14.2 Å². The number of hydrogen-bond acceptors (Lipinski definition) is 10. The number of ether oxygens (including phenoxy) is 3. The largest absolute Gasteiger partial charge is 0.457 e. The van der Waals surface area contributed by atoms with Crippen LogP contribution in [0.25, 0.3) is 0 Å². The van der Waals surface area contributed by atoms with E-state index in [1.807, 2.05) is 12.1 Å². The lowest BCUT2D eigenvalue weighted by atomic mass is 9.99. The number of thioether (sulfide) groups is 1. The second kappa shape index (κ2) is 12.2. The molecule has 35 heavy (non-hydrogen) atoms. The minimum atomic E-state index is -0.844. The van der Waals surface area contributed by atoms with Gasteiger partial charge in [0.2, 0.25) is 5.12 Å². The molecule has 3 heterocycles. The van der Waals surface area contributed by atoms with E-state index >= 15 is 0 Å². The Hall–Kier alpha value is -2.21. The van der Waals surface area contributed by atoms with E-state index in [1.165, 1.54) is 0 Å². The highest BCUT2D eigenvalue weighted by Gasteiger charge is 2.50. The number of carbonyl (C=O) groups excluding carboxylic acids is 2. The Kier molecular flexibility index (Phi) is 8.99. The average Bonchev–Trinajstić information content (AvgIpc) is 3.57. The van der Waals surface area contributed by atoms with Crippen LogP contribution in [0.4, 0.5) is 0 Å². The van der Waals surface area contributed by atoms with Gasteiger partial charge in [-0.2, -0.15) is 0 Å². The molecule has 0 bridgehead atoms. The van der Waals surface area contributed by atoms with Crippen molar-refractivity contribution in [1.29, 1.82) is 0 Å². The van der Waals surface area contributed by atoms with Crippen molar-refractivity contribution in [2.75, 3.05) is 32.8 Å². The van der Waals surface area contributed by atoms with Crippen molar-refractivity contribution in [1.82, 2.24) is 4.90 Å². The third-order valence-electron chi connectivity index (χ3n) is 6.61. The molecule has 0 saturated carbocycles. The maximum absolute atomic E-state index is 13.4. The number of fused-ring (bicyclic) bond motifs is 1. The molecular weight excluding hydrogens is 476 g/mol. The quantitative estimate of drug-likeness (QED) is 0.251. The molecule has 0 N–H and O–H groups in total. The first-order chi connectivity index (χ1) is 17.0. The van der Waals surface area contributed by atoms with Crippen molar-refractivity contribution in [2.45, 2.75) is 68.7 Å². The van der Waals surface area contributed by atoms with E-state index in [0.29, 0.717) is 17.5 Å². The van der Waals surface area contributed by atoms with Gasteiger partial charge in [-0.05, 0) is 38.8 Å². The third-order valence-corrected chi connectivity index (χ3v) is 7.76. The summed E-state index contributed by atoms with van der Waals surface area (Å²) in [6, 6.07) is 7.23. The second-order valence-electron chi connectivity index (χ2n) is 9.10. The van der Waals surface area contributed by atoms with Gasteiger partial charge >= 0.3 is 5.97 Å². The second-order valence-corrected chi connectivity index (χ2v) is 10.3. The third kappa shape index (κ3) is 6.52. The van der Waals surface area contributed by atoms with Gasteiger partial charge in [0.1, 0.15) is 18.3 Å². The molecule has 0 aliphatic carbocycles. The molecule has 10 nitrogen and oxygen atoms in total. The molecule has 192 valence electrons. The van der Waals surface area contributed by atoms with Crippen molar-refractivity contribution in [3.8, 4) is 0 Å². The lowest BCUT2D eigenvalue weighted by molar-refractivity contribution is -0.769. The standard InChI is InChI=1S/C24H32N2O8S/c1-2-3-10-18(33-21(27)13-25-11-6-7-12-25)16-8-4-5-9-17(16)24(28)35-20-15-32-22-19(34-26(29)30)14-31-23(20)22/h4-5,8-9,18-20,22-23H,2-3,6-7,10-15H2,1H3/t18?,19-,20?,22-,23-/m1/s1. The molecule has 11 heteroatoms. The summed E-state index contributed by atoms with van der Waals surface area (Å²) in [6.07, 6.45) is 2.29. The molecule has 0 spiro atoms. The number of hydrogen-bond donors (Lipinski definition) is 0. The van der Waals surface area contributed by atoms with Crippen LogP contribution in [-0.2, 0) is 23.8 Å². The number of unbranched alkanes of at least 4 members (excludes halogenated alkanes) is 1. The van der Waals surface area contributed by atoms with Gasteiger partial charge in [-0.15, -0.1) is 10.1 Å². The summed E-state index contributed by atoms with van der Waals surface area (Å²) >= 11 is 1.10. The molecule has 1 aromatic carbocycles. The molecule has 2 unspecified atom stereocenters. The van der Waals surface area contributed by atoms with Crippen LogP contribution in [0.15, 0.2) is 24.3 Å².